The number of benzene rings is 2. The van der Waals surface area contributed by atoms with Gasteiger partial charge in [0.15, 0.2) is 19.7 Å². The van der Waals surface area contributed by atoms with Crippen molar-refractivity contribution >= 4 is 57.2 Å². The van der Waals surface area contributed by atoms with Gasteiger partial charge in [-0.15, -0.1) is 12.4 Å². The molecule has 1 aliphatic heterocycles. The van der Waals surface area contributed by atoms with Crippen molar-refractivity contribution in [1.82, 2.24) is 4.90 Å². The second-order valence-electron chi connectivity index (χ2n) is 7.78. The van der Waals surface area contributed by atoms with Gasteiger partial charge in [0.05, 0.1) is 11.5 Å². The van der Waals surface area contributed by atoms with E-state index in [1.807, 2.05) is 12.1 Å². The largest absolute Gasteiger partial charge is 0.488 e. The number of hydrogen-bond donors (Lipinski definition) is 5. The molecule has 3 rings (SSSR count). The van der Waals surface area contributed by atoms with Gasteiger partial charge in [0.25, 0.3) is 0 Å². The molecule has 2 aromatic rings. The normalized spacial score (nSPS) is 14.4. The number of halogens is 1. The van der Waals surface area contributed by atoms with E-state index in [2.05, 4.69) is 18.1 Å². The Labute approximate surface area is 225 Å². The van der Waals surface area contributed by atoms with Crippen molar-refractivity contribution in [3.05, 3.63) is 83.6 Å². The number of hydrogen-bond acceptors (Lipinski definition) is 10. The van der Waals surface area contributed by atoms with Gasteiger partial charge in [-0.3, -0.25) is 4.90 Å². The van der Waals surface area contributed by atoms with E-state index in [1.54, 1.807) is 36.4 Å². The number of sulfone groups is 2. The minimum absolute atomic E-state index is 0. The molecule has 6 N–H and O–H groups in total. The van der Waals surface area contributed by atoms with E-state index in [1.165, 1.54) is 0 Å². The zero-order chi connectivity index (χ0) is 27.4. The number of nitrogens with two attached hydrogens (primary N) is 1. The molecule has 0 aliphatic carbocycles. The van der Waals surface area contributed by atoms with Crippen LogP contribution in [0.15, 0.2) is 72.5 Å². The van der Waals surface area contributed by atoms with Crippen LogP contribution in [0.4, 0.5) is 0 Å². The van der Waals surface area contributed by atoms with Crippen molar-refractivity contribution < 1.29 is 36.9 Å². The topological polar surface area (TPSA) is 178 Å². The Morgan fingerprint density at radius 3 is 1.51 bits per heavy atom. The highest BCUT2D eigenvalue weighted by Crippen LogP contribution is 2.09. The molecule has 1 aliphatic rings. The summed E-state index contributed by atoms with van der Waals surface area (Å²) in [7, 11) is -8.80. The van der Waals surface area contributed by atoms with Crippen LogP contribution < -0.4 is 16.7 Å². The molecular formula is C22H33B2ClN2O8S2. The van der Waals surface area contributed by atoms with Gasteiger partial charge in [-0.1, -0.05) is 61.7 Å². The highest BCUT2D eigenvalue weighted by atomic mass is 35.5. The highest BCUT2D eigenvalue weighted by Gasteiger charge is 2.21. The van der Waals surface area contributed by atoms with Crippen LogP contribution >= 0.6 is 12.4 Å². The Balaban J connectivity index is 0.000000584. The molecule has 1 saturated heterocycles. The third-order valence-electron chi connectivity index (χ3n) is 5.10. The molecule has 0 atom stereocenters. The lowest BCUT2D eigenvalue weighted by atomic mass is 9.80. The van der Waals surface area contributed by atoms with Crippen molar-refractivity contribution in [3.63, 3.8) is 0 Å². The maximum absolute atomic E-state index is 11.3. The first-order valence-corrected chi connectivity index (χ1v) is 14.3. The first-order chi connectivity index (χ1) is 16.8. The second-order valence-corrected chi connectivity index (χ2v) is 11.9. The molecule has 0 bridgehead atoms. The van der Waals surface area contributed by atoms with Crippen LogP contribution in [-0.2, 0) is 32.8 Å². The Bertz CT molecular complexity index is 1150. The van der Waals surface area contributed by atoms with Gasteiger partial charge in [-0.25, -0.2) is 16.8 Å². The maximum Gasteiger partial charge on any atom is 0.488 e. The van der Waals surface area contributed by atoms with E-state index in [0.717, 1.165) is 21.9 Å². The predicted octanol–water partition coefficient (Wildman–Crippen LogP) is -1.47. The van der Waals surface area contributed by atoms with Crippen LogP contribution in [0.1, 0.15) is 11.1 Å². The average molecular weight is 575 g/mol. The molecule has 15 heteroatoms. The summed E-state index contributed by atoms with van der Waals surface area (Å²) in [5, 5.41) is 37.1. The fourth-order valence-electron chi connectivity index (χ4n) is 2.86. The van der Waals surface area contributed by atoms with Gasteiger partial charge in [-0.05, 0) is 22.1 Å². The minimum atomic E-state index is -3.13. The van der Waals surface area contributed by atoms with E-state index in [-0.39, 0.29) is 23.9 Å². The van der Waals surface area contributed by atoms with Crippen molar-refractivity contribution in [2.45, 2.75) is 13.1 Å². The molecule has 0 amide bonds. The zero-order valence-corrected chi connectivity index (χ0v) is 22.7. The van der Waals surface area contributed by atoms with Gasteiger partial charge < -0.3 is 25.8 Å². The first-order valence-electron chi connectivity index (χ1n) is 10.8. The molecule has 0 spiro atoms. The van der Waals surface area contributed by atoms with Crippen LogP contribution in [0.3, 0.4) is 0 Å². The quantitative estimate of drug-likeness (QED) is 0.245. The second kappa shape index (κ2) is 16.8. The Morgan fingerprint density at radius 1 is 0.838 bits per heavy atom. The summed E-state index contributed by atoms with van der Waals surface area (Å²) >= 11 is 0. The smallest absolute Gasteiger partial charge is 0.423 e. The molecule has 1 fully saturated rings. The molecule has 2 aromatic carbocycles. The highest BCUT2D eigenvalue weighted by molar-refractivity contribution is 7.97. The summed E-state index contributed by atoms with van der Waals surface area (Å²) in [5.41, 5.74) is 8.32. The van der Waals surface area contributed by atoms with Crippen molar-refractivity contribution in [3.8, 4) is 0 Å². The van der Waals surface area contributed by atoms with Crippen molar-refractivity contribution in [2.75, 3.05) is 24.6 Å². The van der Waals surface area contributed by atoms with E-state index >= 15 is 0 Å². The van der Waals surface area contributed by atoms with Crippen LogP contribution in [0.2, 0.25) is 0 Å². The lowest BCUT2D eigenvalue weighted by Crippen LogP contribution is -2.39. The van der Waals surface area contributed by atoms with Crippen LogP contribution in [0, 0.1) is 0 Å². The summed E-state index contributed by atoms with van der Waals surface area (Å²) in [4.78, 5) is 2.09. The third-order valence-corrected chi connectivity index (χ3v) is 7.64. The third kappa shape index (κ3) is 13.9. The summed E-state index contributed by atoms with van der Waals surface area (Å²) in [5.74, 6) is 0.445. The Hall–Kier alpha value is -2.00. The van der Waals surface area contributed by atoms with Gasteiger partial charge in [0, 0.05) is 37.0 Å². The molecule has 0 aromatic heterocycles. The lowest BCUT2D eigenvalue weighted by molar-refractivity contribution is 0.287. The minimum Gasteiger partial charge on any atom is -0.423 e. The van der Waals surface area contributed by atoms with Crippen LogP contribution in [0.5, 0.6) is 0 Å². The average Bonchev–Trinajstić information content (AvgIpc) is 2.86. The fourth-order valence-corrected chi connectivity index (χ4v) is 4.27. The van der Waals surface area contributed by atoms with Crippen molar-refractivity contribution in [2.24, 2.45) is 5.73 Å². The maximum atomic E-state index is 11.3. The van der Waals surface area contributed by atoms with Crippen LogP contribution in [0.25, 0.3) is 0 Å². The summed E-state index contributed by atoms with van der Waals surface area (Å²) < 4.78 is 42.8. The van der Waals surface area contributed by atoms with Gasteiger partial charge in [-0.2, -0.15) is 0 Å². The monoisotopic (exact) mass is 574 g/mol. The molecular weight excluding hydrogens is 541 g/mol. The molecule has 37 heavy (non-hydrogen) atoms. The molecule has 1 heterocycles. The van der Waals surface area contributed by atoms with Crippen LogP contribution in [-0.4, -0.2) is 80.7 Å². The van der Waals surface area contributed by atoms with E-state index in [0.29, 0.717) is 37.1 Å². The number of nitrogens with zero attached hydrogens (tertiary/aromatic N) is 1. The van der Waals surface area contributed by atoms with Crippen molar-refractivity contribution in [1.29, 1.82) is 0 Å². The number of rotatable bonds is 7. The van der Waals surface area contributed by atoms with Gasteiger partial charge >= 0.3 is 14.2 Å². The standard InChI is InChI=1S/C11H16BNO4S.C7H10BNO2.C4H6O2S.ClH/c14-12(15)11-3-1-10(2-4-11)9-13-5-7-18(16,17)8-6-13;9-5-6-1-3-7(4-2-6)8(10)11;1-3-7(5,6)4-2;/h1-4,14-15H,5-9H2;1-4,10-11H,5,9H2;3-4H,1-2H2;1H. The summed E-state index contributed by atoms with van der Waals surface area (Å²) in [6.07, 6.45) is 0. The van der Waals surface area contributed by atoms with Gasteiger partial charge in [0.2, 0.25) is 0 Å². The predicted molar refractivity (Wildman–Crippen MR) is 151 cm³/mol. The summed E-state index contributed by atoms with van der Waals surface area (Å²) in [6.45, 7) is 8.38. The lowest BCUT2D eigenvalue weighted by Gasteiger charge is -2.26. The van der Waals surface area contributed by atoms with E-state index < -0.39 is 33.9 Å². The van der Waals surface area contributed by atoms with E-state index in [4.69, 9.17) is 25.8 Å². The molecule has 0 radical (unpaired) electrons. The van der Waals surface area contributed by atoms with Gasteiger partial charge in [0.1, 0.15) is 0 Å². The van der Waals surface area contributed by atoms with E-state index in [9.17, 15) is 16.8 Å². The summed E-state index contributed by atoms with van der Waals surface area (Å²) in [6, 6.07) is 13.8. The Morgan fingerprint density at radius 2 is 1.22 bits per heavy atom. The Kier molecular flexibility index (Phi) is 15.9. The molecule has 0 saturated carbocycles. The molecule has 0 unspecified atom stereocenters. The molecule has 204 valence electrons. The molecule has 10 nitrogen and oxygen atoms in total. The first kappa shape index (κ1) is 35.0. The zero-order valence-electron chi connectivity index (χ0n) is 20.3. The fraction of sp³-hybridized carbons (Fsp3) is 0.273. The SMILES string of the molecule is C=CS(=O)(=O)C=C.Cl.NCc1ccc(B(O)O)cc1.O=S1(=O)CCN(Cc2ccc(B(O)O)cc2)CC1.